The lowest BCUT2D eigenvalue weighted by atomic mass is 10.1. The minimum atomic E-state index is 0.191. The van der Waals surface area contributed by atoms with Gasteiger partial charge >= 0.3 is 0 Å². The molecule has 1 aliphatic heterocycles. The third-order valence-electron chi connectivity index (χ3n) is 2.58. The number of rotatable bonds is 4. The van der Waals surface area contributed by atoms with Crippen LogP contribution in [0.4, 0.5) is 0 Å². The van der Waals surface area contributed by atoms with Crippen molar-refractivity contribution >= 4 is 0 Å². The minimum Gasteiger partial charge on any atom is -0.314 e. The highest BCUT2D eigenvalue weighted by Gasteiger charge is 2.17. The minimum absolute atomic E-state index is 0.191. The summed E-state index contributed by atoms with van der Waals surface area (Å²) >= 11 is 0. The van der Waals surface area contributed by atoms with Crippen molar-refractivity contribution < 1.29 is 0 Å². The van der Waals surface area contributed by atoms with E-state index in [0.717, 1.165) is 0 Å². The molecule has 0 radical (unpaired) electrons. The van der Waals surface area contributed by atoms with E-state index in [-0.39, 0.29) is 6.04 Å². The van der Waals surface area contributed by atoms with Crippen LogP contribution in [0.5, 0.6) is 0 Å². The first-order chi connectivity index (χ1) is 6.22. The van der Waals surface area contributed by atoms with E-state index in [4.69, 9.17) is 6.42 Å². The number of nitrogens with one attached hydrogen (secondary N) is 2. The molecule has 0 aromatic heterocycles. The summed E-state index contributed by atoms with van der Waals surface area (Å²) in [5.41, 5.74) is 0. The van der Waals surface area contributed by atoms with E-state index in [1.54, 1.807) is 0 Å². The summed E-state index contributed by atoms with van der Waals surface area (Å²) in [4.78, 5) is 0. The molecule has 2 heteroatoms. The fourth-order valence-electron chi connectivity index (χ4n) is 1.93. The van der Waals surface area contributed by atoms with Crippen LogP contribution in [0.1, 0.15) is 33.1 Å². The summed E-state index contributed by atoms with van der Waals surface area (Å²) in [5.74, 6) is 2.69. The van der Waals surface area contributed by atoms with Crippen molar-refractivity contribution in [1.82, 2.24) is 10.6 Å². The van der Waals surface area contributed by atoms with E-state index in [2.05, 4.69) is 23.5 Å². The Morgan fingerprint density at radius 3 is 2.92 bits per heavy atom. The zero-order valence-corrected chi connectivity index (χ0v) is 8.64. The van der Waals surface area contributed by atoms with Crippen molar-refractivity contribution in [1.29, 1.82) is 0 Å². The molecule has 1 rings (SSSR count). The summed E-state index contributed by atoms with van der Waals surface area (Å²) in [6.07, 6.45) is 9.12. The molecular formula is C11H20N2. The van der Waals surface area contributed by atoms with Crippen LogP contribution in [-0.2, 0) is 0 Å². The molecule has 2 N–H and O–H groups in total. The van der Waals surface area contributed by atoms with Gasteiger partial charge in [-0.15, -0.1) is 6.42 Å². The van der Waals surface area contributed by atoms with Crippen molar-refractivity contribution in [2.45, 2.75) is 51.2 Å². The van der Waals surface area contributed by atoms with Gasteiger partial charge in [-0.1, -0.05) is 5.92 Å². The summed E-state index contributed by atoms with van der Waals surface area (Å²) in [6.45, 7) is 5.41. The highest BCUT2D eigenvalue weighted by Crippen LogP contribution is 2.10. The molecule has 0 amide bonds. The fourth-order valence-corrected chi connectivity index (χ4v) is 1.93. The molecule has 0 aromatic carbocycles. The Bertz CT molecular complexity index is 177. The Morgan fingerprint density at radius 2 is 2.38 bits per heavy atom. The maximum Gasteiger partial charge on any atom is 0.0660 e. The number of hydrogen-bond acceptors (Lipinski definition) is 2. The Balaban J connectivity index is 2.16. The van der Waals surface area contributed by atoms with Crippen LogP contribution in [0, 0.1) is 12.3 Å². The van der Waals surface area contributed by atoms with Crippen molar-refractivity contribution in [3.63, 3.8) is 0 Å². The van der Waals surface area contributed by atoms with Crippen LogP contribution in [-0.4, -0.2) is 24.7 Å². The summed E-state index contributed by atoms with van der Waals surface area (Å²) < 4.78 is 0. The third kappa shape index (κ3) is 3.80. The summed E-state index contributed by atoms with van der Waals surface area (Å²) in [5, 5.41) is 6.87. The molecule has 1 fully saturated rings. The normalized spacial score (nSPS) is 26.7. The van der Waals surface area contributed by atoms with Crippen LogP contribution in [0.15, 0.2) is 0 Å². The van der Waals surface area contributed by atoms with E-state index < -0.39 is 0 Å². The standard InChI is InChI=1S/C11H20N2/c1-4-9(2)13-10(3)8-11-6-5-7-12-11/h1,9-13H,5-8H2,2-3H3. The van der Waals surface area contributed by atoms with E-state index in [9.17, 15) is 0 Å². The topological polar surface area (TPSA) is 24.1 Å². The Morgan fingerprint density at radius 1 is 1.62 bits per heavy atom. The maximum absolute atomic E-state index is 5.30. The Labute approximate surface area is 81.5 Å². The average molecular weight is 180 g/mol. The first-order valence-corrected chi connectivity index (χ1v) is 5.18. The molecule has 74 valence electrons. The van der Waals surface area contributed by atoms with Crippen molar-refractivity contribution in [2.75, 3.05) is 6.54 Å². The van der Waals surface area contributed by atoms with Crippen LogP contribution >= 0.6 is 0 Å². The van der Waals surface area contributed by atoms with Crippen molar-refractivity contribution in [3.8, 4) is 12.3 Å². The zero-order valence-electron chi connectivity index (χ0n) is 8.64. The lowest BCUT2D eigenvalue weighted by Gasteiger charge is -2.19. The van der Waals surface area contributed by atoms with Crippen LogP contribution in [0.25, 0.3) is 0 Å². The van der Waals surface area contributed by atoms with Gasteiger partial charge in [0.25, 0.3) is 0 Å². The van der Waals surface area contributed by atoms with Gasteiger partial charge < -0.3 is 10.6 Å². The molecule has 13 heavy (non-hydrogen) atoms. The molecule has 2 nitrogen and oxygen atoms in total. The van der Waals surface area contributed by atoms with Crippen LogP contribution in [0.3, 0.4) is 0 Å². The lowest BCUT2D eigenvalue weighted by molar-refractivity contribution is 0.430. The second-order valence-corrected chi connectivity index (χ2v) is 3.99. The molecule has 0 saturated carbocycles. The molecule has 1 aliphatic rings. The second kappa shape index (κ2) is 5.26. The van der Waals surface area contributed by atoms with Crippen LogP contribution < -0.4 is 10.6 Å². The third-order valence-corrected chi connectivity index (χ3v) is 2.58. The van der Waals surface area contributed by atoms with Gasteiger partial charge in [-0.2, -0.15) is 0 Å². The SMILES string of the molecule is C#CC(C)NC(C)CC1CCCN1. The van der Waals surface area contributed by atoms with Crippen molar-refractivity contribution in [2.24, 2.45) is 0 Å². The van der Waals surface area contributed by atoms with E-state index in [0.29, 0.717) is 12.1 Å². The fraction of sp³-hybridized carbons (Fsp3) is 0.818. The van der Waals surface area contributed by atoms with Crippen LogP contribution in [0.2, 0.25) is 0 Å². The van der Waals surface area contributed by atoms with Crippen molar-refractivity contribution in [3.05, 3.63) is 0 Å². The monoisotopic (exact) mass is 180 g/mol. The molecule has 0 aliphatic carbocycles. The molecule has 0 spiro atoms. The number of hydrogen-bond donors (Lipinski definition) is 2. The van der Waals surface area contributed by atoms with Gasteiger partial charge in [-0.3, -0.25) is 0 Å². The first-order valence-electron chi connectivity index (χ1n) is 5.18. The highest BCUT2D eigenvalue weighted by molar-refractivity contribution is 4.97. The van der Waals surface area contributed by atoms with Gasteiger partial charge in [0.1, 0.15) is 0 Å². The van der Waals surface area contributed by atoms with Gasteiger partial charge in [-0.05, 0) is 39.7 Å². The second-order valence-electron chi connectivity index (χ2n) is 3.99. The highest BCUT2D eigenvalue weighted by atomic mass is 15.0. The molecule has 3 unspecified atom stereocenters. The Kier molecular flexibility index (Phi) is 4.27. The quantitative estimate of drug-likeness (QED) is 0.634. The molecule has 1 saturated heterocycles. The first kappa shape index (κ1) is 10.6. The van der Waals surface area contributed by atoms with Gasteiger partial charge in [0, 0.05) is 12.1 Å². The van der Waals surface area contributed by atoms with E-state index in [1.165, 1.54) is 25.8 Å². The van der Waals surface area contributed by atoms with Gasteiger partial charge in [0.15, 0.2) is 0 Å². The molecular weight excluding hydrogens is 160 g/mol. The smallest absolute Gasteiger partial charge is 0.0660 e. The Hall–Kier alpha value is -0.520. The molecule has 3 atom stereocenters. The van der Waals surface area contributed by atoms with Gasteiger partial charge in [-0.25, -0.2) is 0 Å². The molecule has 0 aromatic rings. The number of terminal acetylenes is 1. The largest absolute Gasteiger partial charge is 0.314 e. The average Bonchev–Trinajstić information content (AvgIpc) is 2.56. The van der Waals surface area contributed by atoms with E-state index in [1.807, 2.05) is 6.92 Å². The molecule has 1 heterocycles. The lowest BCUT2D eigenvalue weighted by Crippen LogP contribution is -2.38. The maximum atomic E-state index is 5.30. The van der Waals surface area contributed by atoms with Gasteiger partial charge in [0.05, 0.1) is 6.04 Å². The predicted octanol–water partition coefficient (Wildman–Crippen LogP) is 1.13. The van der Waals surface area contributed by atoms with E-state index >= 15 is 0 Å². The van der Waals surface area contributed by atoms with Gasteiger partial charge in [0.2, 0.25) is 0 Å². The summed E-state index contributed by atoms with van der Waals surface area (Å²) in [6, 6.07) is 1.41. The predicted molar refractivity (Wildman–Crippen MR) is 56.5 cm³/mol. The zero-order chi connectivity index (χ0) is 9.68. The molecule has 0 bridgehead atoms. The summed E-state index contributed by atoms with van der Waals surface area (Å²) in [7, 11) is 0.